The van der Waals surface area contributed by atoms with Gasteiger partial charge in [-0.05, 0) is 18.2 Å². The summed E-state index contributed by atoms with van der Waals surface area (Å²) < 4.78 is 5.69. The molecule has 1 aromatic carbocycles. The Kier molecular flexibility index (Phi) is 3.78. The molecule has 0 aromatic heterocycles. The summed E-state index contributed by atoms with van der Waals surface area (Å²) in [6, 6.07) is 5.10. The molecule has 0 aliphatic carbocycles. The van der Waals surface area contributed by atoms with Gasteiger partial charge in [-0.3, -0.25) is 4.79 Å². The molecule has 1 atom stereocenters. The number of phenols is 1. The lowest BCUT2D eigenvalue weighted by molar-refractivity contribution is -0.136. The van der Waals surface area contributed by atoms with Crippen LogP contribution in [0.4, 0.5) is 0 Å². The minimum Gasteiger partial charge on any atom is -0.508 e. The van der Waals surface area contributed by atoms with E-state index in [9.17, 15) is 9.90 Å². The molecule has 2 N–H and O–H groups in total. The van der Waals surface area contributed by atoms with Gasteiger partial charge in [0, 0.05) is 23.5 Å². The Morgan fingerprint density at radius 3 is 3.12 bits per heavy atom. The van der Waals surface area contributed by atoms with Crippen molar-refractivity contribution in [2.75, 3.05) is 11.5 Å². The molecule has 1 unspecified atom stereocenters. The van der Waals surface area contributed by atoms with Gasteiger partial charge in [-0.15, -0.1) is 0 Å². The molecule has 1 aliphatic rings. The SMILES string of the molecule is O=C(O)CCSCC1Cc2cc(O)ccc2O1. The molecular formula is C12H14O4S. The van der Waals surface area contributed by atoms with Crippen molar-refractivity contribution in [2.24, 2.45) is 0 Å². The van der Waals surface area contributed by atoms with Crippen LogP contribution in [0, 0.1) is 0 Å². The molecule has 92 valence electrons. The van der Waals surface area contributed by atoms with Crippen molar-refractivity contribution in [3.05, 3.63) is 23.8 Å². The highest BCUT2D eigenvalue weighted by Crippen LogP contribution is 2.32. The van der Waals surface area contributed by atoms with Gasteiger partial charge in [0.2, 0.25) is 0 Å². The monoisotopic (exact) mass is 254 g/mol. The third-order valence-electron chi connectivity index (χ3n) is 2.55. The zero-order valence-corrected chi connectivity index (χ0v) is 10.1. The van der Waals surface area contributed by atoms with Gasteiger partial charge in [0.05, 0.1) is 6.42 Å². The summed E-state index contributed by atoms with van der Waals surface area (Å²) in [7, 11) is 0. The zero-order valence-electron chi connectivity index (χ0n) is 9.26. The van der Waals surface area contributed by atoms with Crippen molar-refractivity contribution < 1.29 is 19.7 Å². The first-order chi connectivity index (χ1) is 8.15. The molecule has 0 saturated heterocycles. The number of aromatic hydroxyl groups is 1. The van der Waals surface area contributed by atoms with Crippen LogP contribution in [0.1, 0.15) is 12.0 Å². The molecule has 0 saturated carbocycles. The van der Waals surface area contributed by atoms with E-state index < -0.39 is 5.97 Å². The van der Waals surface area contributed by atoms with Crippen molar-refractivity contribution in [3.8, 4) is 11.5 Å². The van der Waals surface area contributed by atoms with Gasteiger partial charge < -0.3 is 14.9 Å². The summed E-state index contributed by atoms with van der Waals surface area (Å²) >= 11 is 1.59. The Balaban J connectivity index is 1.78. The Morgan fingerprint density at radius 1 is 1.53 bits per heavy atom. The van der Waals surface area contributed by atoms with E-state index in [1.54, 1.807) is 30.0 Å². The Bertz CT molecular complexity index is 419. The van der Waals surface area contributed by atoms with Gasteiger partial charge >= 0.3 is 5.97 Å². The van der Waals surface area contributed by atoms with E-state index in [1.807, 2.05) is 0 Å². The number of aliphatic carboxylic acids is 1. The number of carboxylic acids is 1. The highest BCUT2D eigenvalue weighted by molar-refractivity contribution is 7.99. The molecule has 0 fully saturated rings. The van der Waals surface area contributed by atoms with E-state index in [-0.39, 0.29) is 18.3 Å². The minimum atomic E-state index is -0.766. The van der Waals surface area contributed by atoms with Crippen LogP contribution in [0.25, 0.3) is 0 Å². The standard InChI is InChI=1S/C12H14O4S/c13-9-1-2-11-8(5-9)6-10(16-11)7-17-4-3-12(14)15/h1-2,5,10,13H,3-4,6-7H2,(H,14,15). The summed E-state index contributed by atoms with van der Waals surface area (Å²) in [6.07, 6.45) is 1.06. The van der Waals surface area contributed by atoms with Gasteiger partial charge in [0.15, 0.2) is 0 Å². The fraction of sp³-hybridized carbons (Fsp3) is 0.417. The lowest BCUT2D eigenvalue weighted by atomic mass is 10.1. The maximum atomic E-state index is 10.3. The fourth-order valence-corrected chi connectivity index (χ4v) is 2.71. The first-order valence-electron chi connectivity index (χ1n) is 5.43. The summed E-state index contributed by atoms with van der Waals surface area (Å²) in [5.41, 5.74) is 1.02. The first-order valence-corrected chi connectivity index (χ1v) is 6.58. The average Bonchev–Trinajstić information content (AvgIpc) is 2.66. The molecule has 1 aliphatic heterocycles. The molecule has 1 heterocycles. The van der Waals surface area contributed by atoms with Crippen LogP contribution in [-0.4, -0.2) is 33.8 Å². The van der Waals surface area contributed by atoms with Crippen LogP contribution < -0.4 is 4.74 Å². The number of carbonyl (C=O) groups is 1. The van der Waals surface area contributed by atoms with Crippen LogP contribution in [0.5, 0.6) is 11.5 Å². The largest absolute Gasteiger partial charge is 0.508 e. The Hall–Kier alpha value is -1.36. The molecule has 2 rings (SSSR count). The maximum Gasteiger partial charge on any atom is 0.304 e. The summed E-state index contributed by atoms with van der Waals surface area (Å²) in [4.78, 5) is 10.3. The van der Waals surface area contributed by atoms with Gasteiger partial charge in [0.1, 0.15) is 17.6 Å². The predicted octanol–water partition coefficient (Wildman–Crippen LogP) is 1.90. The van der Waals surface area contributed by atoms with Gasteiger partial charge in [-0.1, -0.05) is 0 Å². The smallest absolute Gasteiger partial charge is 0.304 e. The number of benzene rings is 1. The Morgan fingerprint density at radius 2 is 2.35 bits per heavy atom. The van der Waals surface area contributed by atoms with E-state index in [0.29, 0.717) is 5.75 Å². The third-order valence-corrected chi connectivity index (χ3v) is 3.65. The van der Waals surface area contributed by atoms with Crippen LogP contribution in [0.15, 0.2) is 18.2 Å². The van der Waals surface area contributed by atoms with Gasteiger partial charge in [-0.2, -0.15) is 11.8 Å². The Labute approximate surface area is 104 Å². The average molecular weight is 254 g/mol. The molecule has 1 aromatic rings. The molecule has 0 spiro atoms. The van der Waals surface area contributed by atoms with Crippen molar-refractivity contribution in [1.29, 1.82) is 0 Å². The molecule has 17 heavy (non-hydrogen) atoms. The first kappa shape index (κ1) is 12.1. The molecular weight excluding hydrogens is 240 g/mol. The summed E-state index contributed by atoms with van der Waals surface area (Å²) in [5, 5.41) is 17.8. The van der Waals surface area contributed by atoms with E-state index in [4.69, 9.17) is 9.84 Å². The normalized spacial score (nSPS) is 17.5. The number of fused-ring (bicyclic) bond motifs is 1. The van der Waals surface area contributed by atoms with E-state index >= 15 is 0 Å². The van der Waals surface area contributed by atoms with E-state index in [2.05, 4.69) is 0 Å². The number of carboxylic acid groups (broad SMARTS) is 1. The number of ether oxygens (including phenoxy) is 1. The molecule has 5 heteroatoms. The van der Waals surface area contributed by atoms with Crippen LogP contribution in [0.2, 0.25) is 0 Å². The second kappa shape index (κ2) is 5.31. The number of hydrogen-bond acceptors (Lipinski definition) is 4. The van der Waals surface area contributed by atoms with Crippen molar-refractivity contribution in [3.63, 3.8) is 0 Å². The molecule has 4 nitrogen and oxygen atoms in total. The number of thioether (sulfide) groups is 1. The highest BCUT2D eigenvalue weighted by atomic mass is 32.2. The number of rotatable bonds is 5. The second-order valence-electron chi connectivity index (χ2n) is 3.95. The topological polar surface area (TPSA) is 66.8 Å². The zero-order chi connectivity index (χ0) is 12.3. The van der Waals surface area contributed by atoms with E-state index in [0.717, 1.165) is 23.5 Å². The van der Waals surface area contributed by atoms with Gasteiger partial charge in [-0.25, -0.2) is 0 Å². The van der Waals surface area contributed by atoms with Crippen LogP contribution in [-0.2, 0) is 11.2 Å². The minimum absolute atomic E-state index is 0.0885. The van der Waals surface area contributed by atoms with Crippen molar-refractivity contribution in [2.45, 2.75) is 18.9 Å². The lowest BCUT2D eigenvalue weighted by Crippen LogP contribution is -2.16. The predicted molar refractivity (Wildman–Crippen MR) is 65.8 cm³/mol. The fourth-order valence-electron chi connectivity index (χ4n) is 1.77. The second-order valence-corrected chi connectivity index (χ2v) is 5.10. The molecule has 0 amide bonds. The maximum absolute atomic E-state index is 10.3. The molecule has 0 radical (unpaired) electrons. The number of phenolic OH excluding ortho intramolecular Hbond substituents is 1. The van der Waals surface area contributed by atoms with Crippen LogP contribution in [0.3, 0.4) is 0 Å². The summed E-state index contributed by atoms with van der Waals surface area (Å²) in [6.45, 7) is 0. The third kappa shape index (κ3) is 3.30. The highest BCUT2D eigenvalue weighted by Gasteiger charge is 2.22. The van der Waals surface area contributed by atoms with Crippen molar-refractivity contribution >= 4 is 17.7 Å². The quantitative estimate of drug-likeness (QED) is 0.786. The van der Waals surface area contributed by atoms with Crippen LogP contribution >= 0.6 is 11.8 Å². The van der Waals surface area contributed by atoms with Crippen molar-refractivity contribution in [1.82, 2.24) is 0 Å². The van der Waals surface area contributed by atoms with E-state index in [1.165, 1.54) is 0 Å². The summed E-state index contributed by atoms with van der Waals surface area (Å²) in [5.74, 6) is 1.70. The molecule has 0 bridgehead atoms. The number of hydrogen-bond donors (Lipinski definition) is 2. The lowest BCUT2D eigenvalue weighted by Gasteiger charge is -2.09. The van der Waals surface area contributed by atoms with Gasteiger partial charge in [0.25, 0.3) is 0 Å².